The zero-order valence-corrected chi connectivity index (χ0v) is 14.1. The number of nitro groups is 1. The molecule has 1 heterocycles. The van der Waals surface area contributed by atoms with E-state index in [1.165, 1.54) is 16.3 Å². The molecule has 4 heteroatoms. The van der Waals surface area contributed by atoms with E-state index >= 15 is 0 Å². The van der Waals surface area contributed by atoms with Crippen LogP contribution in [0.1, 0.15) is 29.5 Å². The van der Waals surface area contributed by atoms with E-state index in [1.54, 1.807) is 18.2 Å². The molecular formula is C22H18N2O2. The smallest absolute Gasteiger partial charge is 0.269 e. The number of rotatable bonds is 2. The van der Waals surface area contributed by atoms with E-state index < -0.39 is 0 Å². The first kappa shape index (κ1) is 15.1. The maximum atomic E-state index is 11.2. The Kier molecular flexibility index (Phi) is 3.32. The summed E-state index contributed by atoms with van der Waals surface area (Å²) in [7, 11) is 0. The summed E-state index contributed by atoms with van der Waals surface area (Å²) in [5, 5.41) is 17.4. The minimum absolute atomic E-state index is 0.0727. The first-order valence-corrected chi connectivity index (χ1v) is 8.91. The fraction of sp³-hybridized carbons (Fsp3) is 0.182. The third-order valence-corrected chi connectivity index (χ3v) is 5.70. The summed E-state index contributed by atoms with van der Waals surface area (Å²) in [6, 6.07) is 19.9. The second-order valence-electron chi connectivity index (χ2n) is 7.08. The Morgan fingerprint density at radius 1 is 1.04 bits per heavy atom. The third kappa shape index (κ3) is 2.22. The highest BCUT2D eigenvalue weighted by Gasteiger charge is 2.39. The number of nitrogens with zero attached hydrogens (tertiary/aromatic N) is 1. The molecule has 0 radical (unpaired) electrons. The molecule has 3 aromatic carbocycles. The zero-order valence-electron chi connectivity index (χ0n) is 14.1. The number of anilines is 1. The molecule has 128 valence electrons. The van der Waals surface area contributed by atoms with Gasteiger partial charge in [0.25, 0.3) is 5.69 Å². The van der Waals surface area contributed by atoms with Gasteiger partial charge in [0.1, 0.15) is 0 Å². The lowest BCUT2D eigenvalue weighted by Gasteiger charge is -2.38. The van der Waals surface area contributed by atoms with Gasteiger partial charge in [0.05, 0.1) is 11.0 Å². The van der Waals surface area contributed by atoms with Gasteiger partial charge in [-0.1, -0.05) is 54.6 Å². The van der Waals surface area contributed by atoms with Crippen LogP contribution >= 0.6 is 0 Å². The normalized spacial score (nSPS) is 23.3. The fourth-order valence-corrected chi connectivity index (χ4v) is 4.54. The predicted octanol–water partition coefficient (Wildman–Crippen LogP) is 5.57. The third-order valence-electron chi connectivity index (χ3n) is 5.70. The van der Waals surface area contributed by atoms with Crippen molar-refractivity contribution in [3.63, 3.8) is 0 Å². The monoisotopic (exact) mass is 342 g/mol. The average molecular weight is 342 g/mol. The van der Waals surface area contributed by atoms with Gasteiger partial charge in [0.2, 0.25) is 0 Å². The Labute approximate surface area is 151 Å². The maximum absolute atomic E-state index is 11.2. The predicted molar refractivity (Wildman–Crippen MR) is 103 cm³/mol. The molecule has 1 N–H and O–H groups in total. The van der Waals surface area contributed by atoms with E-state index in [9.17, 15) is 10.1 Å². The van der Waals surface area contributed by atoms with Crippen molar-refractivity contribution in [3.8, 4) is 0 Å². The van der Waals surface area contributed by atoms with Crippen LogP contribution in [-0.4, -0.2) is 4.92 Å². The lowest BCUT2D eigenvalue weighted by Crippen LogP contribution is -2.29. The van der Waals surface area contributed by atoms with Gasteiger partial charge in [-0.15, -0.1) is 0 Å². The Balaban J connectivity index is 1.65. The number of nitro benzene ring substituents is 1. The quantitative estimate of drug-likeness (QED) is 0.376. The maximum Gasteiger partial charge on any atom is 0.269 e. The number of benzene rings is 3. The van der Waals surface area contributed by atoms with Crippen LogP contribution in [0.4, 0.5) is 11.4 Å². The van der Waals surface area contributed by atoms with Gasteiger partial charge in [0, 0.05) is 23.7 Å². The molecule has 4 nitrogen and oxygen atoms in total. The Bertz CT molecular complexity index is 1060. The summed E-state index contributed by atoms with van der Waals surface area (Å²) in [6.07, 6.45) is 5.53. The van der Waals surface area contributed by atoms with E-state index in [1.807, 2.05) is 6.07 Å². The summed E-state index contributed by atoms with van der Waals surface area (Å²) >= 11 is 0. The van der Waals surface area contributed by atoms with Crippen LogP contribution in [0.3, 0.4) is 0 Å². The molecule has 5 rings (SSSR count). The molecule has 1 aliphatic heterocycles. The highest BCUT2D eigenvalue weighted by Crippen LogP contribution is 2.51. The lowest BCUT2D eigenvalue weighted by atomic mass is 9.75. The van der Waals surface area contributed by atoms with E-state index in [-0.39, 0.29) is 16.7 Å². The number of hydrogen-bond donors (Lipinski definition) is 1. The molecule has 0 saturated carbocycles. The molecule has 3 aromatic rings. The molecule has 26 heavy (non-hydrogen) atoms. The van der Waals surface area contributed by atoms with Crippen LogP contribution < -0.4 is 5.32 Å². The van der Waals surface area contributed by atoms with Crippen LogP contribution in [-0.2, 0) is 0 Å². The Hall–Kier alpha value is -3.14. The van der Waals surface area contributed by atoms with Gasteiger partial charge in [-0.25, -0.2) is 0 Å². The Morgan fingerprint density at radius 2 is 1.92 bits per heavy atom. The van der Waals surface area contributed by atoms with E-state index in [4.69, 9.17) is 0 Å². The average Bonchev–Trinajstić information content (AvgIpc) is 3.16. The van der Waals surface area contributed by atoms with Crippen LogP contribution in [0.15, 0.2) is 72.8 Å². The van der Waals surface area contributed by atoms with Crippen molar-refractivity contribution in [3.05, 3.63) is 94.1 Å². The number of hydrogen-bond acceptors (Lipinski definition) is 3. The molecule has 0 aromatic heterocycles. The highest BCUT2D eigenvalue weighted by molar-refractivity contribution is 5.91. The molecule has 0 bridgehead atoms. The summed E-state index contributed by atoms with van der Waals surface area (Å²) in [5.41, 5.74) is 3.62. The van der Waals surface area contributed by atoms with Gasteiger partial charge in [-0.3, -0.25) is 10.1 Å². The molecule has 0 fully saturated rings. The van der Waals surface area contributed by atoms with Crippen molar-refractivity contribution in [2.45, 2.75) is 18.4 Å². The molecule has 0 spiro atoms. The van der Waals surface area contributed by atoms with Crippen molar-refractivity contribution in [1.82, 2.24) is 0 Å². The Morgan fingerprint density at radius 3 is 2.81 bits per heavy atom. The van der Waals surface area contributed by atoms with Crippen LogP contribution in [0.25, 0.3) is 10.8 Å². The zero-order chi connectivity index (χ0) is 17.7. The number of fused-ring (bicyclic) bond motifs is 5. The summed E-state index contributed by atoms with van der Waals surface area (Å²) in [4.78, 5) is 10.9. The van der Waals surface area contributed by atoms with E-state index in [0.717, 1.165) is 17.7 Å². The van der Waals surface area contributed by atoms with Gasteiger partial charge < -0.3 is 5.32 Å². The van der Waals surface area contributed by atoms with Crippen LogP contribution in [0.2, 0.25) is 0 Å². The van der Waals surface area contributed by atoms with E-state index in [2.05, 4.69) is 53.9 Å². The molecular weight excluding hydrogens is 324 g/mol. The van der Waals surface area contributed by atoms with Crippen LogP contribution in [0.5, 0.6) is 0 Å². The van der Waals surface area contributed by atoms with Crippen molar-refractivity contribution >= 4 is 22.1 Å². The van der Waals surface area contributed by atoms with Gasteiger partial charge in [-0.05, 0) is 40.3 Å². The molecule has 2 aliphatic rings. The van der Waals surface area contributed by atoms with Gasteiger partial charge in [-0.2, -0.15) is 0 Å². The number of nitrogens with one attached hydrogen (secondary N) is 1. The van der Waals surface area contributed by atoms with Crippen molar-refractivity contribution in [2.75, 3.05) is 5.32 Å². The topological polar surface area (TPSA) is 55.2 Å². The minimum Gasteiger partial charge on any atom is -0.378 e. The molecule has 3 atom stereocenters. The lowest BCUT2D eigenvalue weighted by molar-refractivity contribution is -0.384. The minimum atomic E-state index is -0.321. The van der Waals surface area contributed by atoms with Crippen molar-refractivity contribution in [1.29, 1.82) is 0 Å². The van der Waals surface area contributed by atoms with Crippen molar-refractivity contribution in [2.24, 2.45) is 5.92 Å². The van der Waals surface area contributed by atoms with Crippen LogP contribution in [0, 0.1) is 16.0 Å². The summed E-state index contributed by atoms with van der Waals surface area (Å²) < 4.78 is 0. The fourth-order valence-electron chi connectivity index (χ4n) is 4.54. The standard InChI is InChI=1S/C22H18N2O2/c25-24(26)16-7-3-6-15(13-16)22-19-10-4-9-18(19)21-17-8-2-1-5-14(17)11-12-20(21)23-22/h1-9,11-13,18-19,22-23H,10H2/t18-,19+,22+/m0/s1. The van der Waals surface area contributed by atoms with Crippen molar-refractivity contribution < 1.29 is 4.92 Å². The van der Waals surface area contributed by atoms with E-state index in [0.29, 0.717) is 11.8 Å². The second kappa shape index (κ2) is 5.70. The summed E-state index contributed by atoms with van der Waals surface area (Å²) in [6.45, 7) is 0. The highest BCUT2D eigenvalue weighted by atomic mass is 16.6. The molecule has 1 aliphatic carbocycles. The first-order chi connectivity index (χ1) is 12.7. The molecule has 0 amide bonds. The first-order valence-electron chi connectivity index (χ1n) is 8.91. The number of allylic oxidation sites excluding steroid dienone is 2. The SMILES string of the molecule is O=[N+]([O-])c1cccc([C@H]2Nc3ccc4ccccc4c3[C@H]3C=CC[C@H]32)c1. The number of non-ortho nitro benzene ring substituents is 1. The largest absolute Gasteiger partial charge is 0.378 e. The molecule has 0 unspecified atom stereocenters. The van der Waals surface area contributed by atoms with Gasteiger partial charge in [0.15, 0.2) is 0 Å². The summed E-state index contributed by atoms with van der Waals surface area (Å²) in [5.74, 6) is 0.705. The second-order valence-corrected chi connectivity index (χ2v) is 7.08. The van der Waals surface area contributed by atoms with Gasteiger partial charge >= 0.3 is 0 Å². The molecule has 0 saturated heterocycles.